The van der Waals surface area contributed by atoms with E-state index in [1.165, 1.54) is 0 Å². The van der Waals surface area contributed by atoms with Crippen molar-refractivity contribution in [3.05, 3.63) is 0 Å². The minimum Gasteiger partial charge on any atom is -0.480 e. The molecule has 0 rings (SSSR count). The normalized spacial score (nSPS) is 18.8. The van der Waals surface area contributed by atoms with Crippen molar-refractivity contribution in [2.75, 3.05) is 13.3 Å². The van der Waals surface area contributed by atoms with Gasteiger partial charge in [-0.2, -0.15) is 0 Å². The van der Waals surface area contributed by atoms with Crippen LogP contribution in [0, 0.1) is 0 Å². The van der Waals surface area contributed by atoms with Crippen LogP contribution in [0.5, 0.6) is 0 Å². The van der Waals surface area contributed by atoms with E-state index in [4.69, 9.17) is 15.7 Å². The van der Waals surface area contributed by atoms with E-state index in [1.54, 1.807) is 0 Å². The topological polar surface area (TPSA) is 110 Å². The number of hydrogen-bond donors (Lipinski definition) is 3. The monoisotopic (exact) mass is 183 g/mol. The van der Waals surface area contributed by atoms with E-state index in [2.05, 4.69) is 4.52 Å². The van der Waals surface area contributed by atoms with Crippen molar-refractivity contribution in [2.45, 2.75) is 6.04 Å². The van der Waals surface area contributed by atoms with Crippen LogP contribution < -0.4 is 5.73 Å². The molecule has 0 fully saturated rings. The summed E-state index contributed by atoms with van der Waals surface area (Å²) in [5.41, 5.74) is 4.97. The Morgan fingerprint density at radius 3 is 2.55 bits per heavy atom. The molecule has 4 N–H and O–H groups in total. The molecule has 0 heterocycles. The van der Waals surface area contributed by atoms with E-state index >= 15 is 0 Å². The average Bonchev–Trinajstić information content (AvgIpc) is 1.80. The Hall–Kier alpha value is -0.420. The zero-order valence-electron chi connectivity index (χ0n) is 5.93. The smallest absolute Gasteiger partial charge is 0.325 e. The summed E-state index contributed by atoms with van der Waals surface area (Å²) in [6.45, 7) is 0.501. The third-order valence-corrected chi connectivity index (χ3v) is 1.44. The molecule has 1 unspecified atom stereocenters. The Labute approximate surface area is 63.5 Å². The number of rotatable bonds is 4. The van der Waals surface area contributed by atoms with Crippen LogP contribution in [0.25, 0.3) is 0 Å². The Morgan fingerprint density at radius 1 is 1.82 bits per heavy atom. The molecule has 66 valence electrons. The van der Waals surface area contributed by atoms with Crippen LogP contribution in [-0.4, -0.2) is 35.3 Å². The second-order valence-electron chi connectivity index (χ2n) is 2.04. The fourth-order valence-electron chi connectivity index (χ4n) is 0.290. The van der Waals surface area contributed by atoms with Gasteiger partial charge in [-0.3, -0.25) is 9.36 Å². The highest BCUT2D eigenvalue weighted by Crippen LogP contribution is 2.36. The van der Waals surface area contributed by atoms with Gasteiger partial charge in [0.1, 0.15) is 6.04 Å². The second kappa shape index (κ2) is 3.82. The van der Waals surface area contributed by atoms with Gasteiger partial charge in [-0.15, -0.1) is 0 Å². The summed E-state index contributed by atoms with van der Waals surface area (Å²) in [5.74, 6) is -1.27. The average molecular weight is 183 g/mol. The van der Waals surface area contributed by atoms with Crippen LogP contribution in [-0.2, 0) is 13.9 Å². The lowest BCUT2D eigenvalue weighted by Crippen LogP contribution is -2.34. The zero-order chi connectivity index (χ0) is 9.07. The zero-order valence-corrected chi connectivity index (χ0v) is 6.82. The summed E-state index contributed by atoms with van der Waals surface area (Å²) >= 11 is 0. The summed E-state index contributed by atoms with van der Waals surface area (Å²) < 4.78 is 14.7. The highest BCUT2D eigenvalue weighted by molar-refractivity contribution is 7.51. The predicted octanol–water partition coefficient (Wildman–Crippen LogP) is -0.770. The standard InChI is InChI=1S/C4H10NO5P/c1-11(8,9)10-2-3(5)4(6)7/h3H,2,5H2,1H3,(H,6,7)(H,8,9)/t3-/m0/s1. The molecule has 0 bridgehead atoms. The molecule has 0 aliphatic rings. The Bertz CT molecular complexity index is 187. The number of aliphatic carboxylic acids is 1. The van der Waals surface area contributed by atoms with Crippen molar-refractivity contribution in [1.29, 1.82) is 0 Å². The maximum Gasteiger partial charge on any atom is 0.325 e. The highest BCUT2D eigenvalue weighted by Gasteiger charge is 2.17. The lowest BCUT2D eigenvalue weighted by molar-refractivity contribution is -0.139. The molecule has 7 heteroatoms. The van der Waals surface area contributed by atoms with Gasteiger partial charge in [-0.1, -0.05) is 0 Å². The van der Waals surface area contributed by atoms with Crippen LogP contribution in [0.15, 0.2) is 0 Å². The fourth-order valence-corrected chi connectivity index (χ4v) is 0.727. The Morgan fingerprint density at radius 2 is 2.27 bits per heavy atom. The summed E-state index contributed by atoms with van der Waals surface area (Å²) in [5, 5.41) is 8.20. The van der Waals surface area contributed by atoms with Gasteiger partial charge in [-0.25, -0.2) is 0 Å². The largest absolute Gasteiger partial charge is 0.480 e. The molecular formula is C4H10NO5P. The van der Waals surface area contributed by atoms with Crippen LogP contribution in [0.4, 0.5) is 0 Å². The molecule has 0 aliphatic heterocycles. The van der Waals surface area contributed by atoms with Gasteiger partial charge in [0, 0.05) is 6.66 Å². The van der Waals surface area contributed by atoms with Crippen LogP contribution in [0.1, 0.15) is 0 Å². The van der Waals surface area contributed by atoms with E-state index in [0.717, 1.165) is 6.66 Å². The van der Waals surface area contributed by atoms with Crippen LogP contribution in [0.3, 0.4) is 0 Å². The molecule has 0 radical (unpaired) electrons. The van der Waals surface area contributed by atoms with Gasteiger partial charge in [0.2, 0.25) is 0 Å². The lowest BCUT2D eigenvalue weighted by atomic mass is 10.3. The number of nitrogens with two attached hydrogens (primary N) is 1. The van der Waals surface area contributed by atoms with E-state index < -0.39 is 26.2 Å². The van der Waals surface area contributed by atoms with E-state index in [9.17, 15) is 9.36 Å². The molecule has 0 aliphatic carbocycles. The summed E-state index contributed by atoms with van der Waals surface area (Å²) in [6, 6.07) is -1.25. The van der Waals surface area contributed by atoms with Crippen molar-refractivity contribution in [2.24, 2.45) is 5.73 Å². The predicted molar refractivity (Wildman–Crippen MR) is 37.3 cm³/mol. The first-order valence-electron chi connectivity index (χ1n) is 2.76. The lowest BCUT2D eigenvalue weighted by Gasteiger charge is -2.08. The molecule has 6 nitrogen and oxygen atoms in total. The number of hydrogen-bond acceptors (Lipinski definition) is 4. The molecule has 0 aromatic heterocycles. The van der Waals surface area contributed by atoms with Gasteiger partial charge in [0.15, 0.2) is 0 Å². The fraction of sp³-hybridized carbons (Fsp3) is 0.750. The first kappa shape index (κ1) is 10.6. The highest BCUT2D eigenvalue weighted by atomic mass is 31.2. The molecular weight excluding hydrogens is 173 g/mol. The van der Waals surface area contributed by atoms with E-state index in [0.29, 0.717) is 0 Å². The SMILES string of the molecule is CP(=O)(O)OC[C@H](N)C(=O)O. The number of carbonyl (C=O) groups is 1. The van der Waals surface area contributed by atoms with Gasteiger partial charge in [-0.05, 0) is 0 Å². The molecule has 0 amide bonds. The minimum absolute atomic E-state index is 0.459. The van der Waals surface area contributed by atoms with Gasteiger partial charge >= 0.3 is 13.6 Å². The van der Waals surface area contributed by atoms with E-state index in [-0.39, 0.29) is 0 Å². The van der Waals surface area contributed by atoms with E-state index in [1.807, 2.05) is 0 Å². The van der Waals surface area contributed by atoms with Gasteiger partial charge in [0.25, 0.3) is 0 Å². The van der Waals surface area contributed by atoms with Crippen molar-refractivity contribution in [3.8, 4) is 0 Å². The van der Waals surface area contributed by atoms with Crippen molar-refractivity contribution < 1.29 is 23.9 Å². The maximum absolute atomic E-state index is 10.4. The minimum atomic E-state index is -3.60. The molecule has 0 saturated carbocycles. The van der Waals surface area contributed by atoms with Gasteiger partial charge < -0.3 is 20.3 Å². The third-order valence-electron chi connectivity index (χ3n) is 0.811. The quantitative estimate of drug-likeness (QED) is 0.493. The Kier molecular flexibility index (Phi) is 3.68. The first-order valence-corrected chi connectivity index (χ1v) is 4.78. The van der Waals surface area contributed by atoms with Crippen molar-refractivity contribution in [3.63, 3.8) is 0 Å². The number of carboxylic acids is 1. The second-order valence-corrected chi connectivity index (χ2v) is 3.91. The summed E-state index contributed by atoms with van der Waals surface area (Å²) in [7, 11) is -3.60. The third kappa shape index (κ3) is 6.00. The molecule has 2 atom stereocenters. The number of carboxylic acid groups (broad SMARTS) is 1. The molecule has 0 aromatic carbocycles. The van der Waals surface area contributed by atoms with Crippen LogP contribution >= 0.6 is 7.60 Å². The molecule has 0 saturated heterocycles. The molecule has 0 aromatic rings. The van der Waals surface area contributed by atoms with Crippen LogP contribution in [0.2, 0.25) is 0 Å². The van der Waals surface area contributed by atoms with Crippen molar-refractivity contribution in [1.82, 2.24) is 0 Å². The first-order chi connectivity index (χ1) is 4.83. The molecule has 11 heavy (non-hydrogen) atoms. The maximum atomic E-state index is 10.4. The Balaban J connectivity index is 3.72. The van der Waals surface area contributed by atoms with Crippen molar-refractivity contribution >= 4 is 13.6 Å². The molecule has 0 spiro atoms. The van der Waals surface area contributed by atoms with Gasteiger partial charge in [0.05, 0.1) is 6.61 Å². The summed E-state index contributed by atoms with van der Waals surface area (Å²) in [4.78, 5) is 18.6. The summed E-state index contributed by atoms with van der Waals surface area (Å²) in [6.07, 6.45) is 0.